The summed E-state index contributed by atoms with van der Waals surface area (Å²) in [6, 6.07) is 5.71. The van der Waals surface area contributed by atoms with Gasteiger partial charge < -0.3 is 18.5 Å². The largest absolute Gasteiger partial charge is 0.481 e. The van der Waals surface area contributed by atoms with Gasteiger partial charge in [0.1, 0.15) is 29.6 Å². The van der Waals surface area contributed by atoms with Crippen molar-refractivity contribution in [2.75, 3.05) is 24.7 Å². The molecule has 4 heterocycles. The van der Waals surface area contributed by atoms with Gasteiger partial charge in [-0.25, -0.2) is 14.2 Å². The Morgan fingerprint density at radius 3 is 2.54 bits per heavy atom. The molecule has 11 nitrogen and oxygen atoms in total. The highest BCUT2D eigenvalue weighted by Gasteiger charge is 2.31. The Labute approximate surface area is 290 Å². The number of rotatable bonds is 5. The maximum atomic E-state index is 14.5. The van der Waals surface area contributed by atoms with Gasteiger partial charge in [0.15, 0.2) is 12.4 Å². The molecule has 2 aromatic heterocycles. The molecule has 6 rings (SSSR count). The lowest BCUT2D eigenvalue weighted by Gasteiger charge is -2.28. The van der Waals surface area contributed by atoms with E-state index < -0.39 is 17.0 Å². The van der Waals surface area contributed by atoms with E-state index in [0.29, 0.717) is 33.6 Å². The molecule has 0 atom stereocenters. The van der Waals surface area contributed by atoms with Crippen LogP contribution in [0.25, 0.3) is 5.69 Å². The first-order valence-electron chi connectivity index (χ1n) is 14.6. The third kappa shape index (κ3) is 7.29. The fourth-order valence-electron chi connectivity index (χ4n) is 4.89. The minimum absolute atomic E-state index is 0.0434. The van der Waals surface area contributed by atoms with Gasteiger partial charge in [-0.05, 0) is 17.5 Å². The normalized spacial score (nSPS) is 15.1. The monoisotopic (exact) mass is 712 g/mol. The van der Waals surface area contributed by atoms with Gasteiger partial charge in [0.2, 0.25) is 10.7 Å². The Kier molecular flexibility index (Phi) is 9.79. The molecule has 4 aromatic rings. The second-order valence-corrected chi connectivity index (χ2v) is 14.3. The predicted octanol–water partition coefficient (Wildman–Crippen LogP) is 5.70. The van der Waals surface area contributed by atoms with Crippen LogP contribution in [0.3, 0.4) is 0 Å². The van der Waals surface area contributed by atoms with Crippen LogP contribution in [0.5, 0.6) is 11.5 Å². The van der Waals surface area contributed by atoms with E-state index >= 15 is 0 Å². The van der Waals surface area contributed by atoms with Crippen LogP contribution in [-0.2, 0) is 23.2 Å². The number of benzene rings is 2. The van der Waals surface area contributed by atoms with Crippen LogP contribution in [0.4, 0.5) is 15.8 Å². The number of carbonyl (C=O) groups is 1. The van der Waals surface area contributed by atoms with Gasteiger partial charge in [-0.15, -0.1) is 17.9 Å². The first-order chi connectivity index (χ1) is 22.6. The molecular formula is C33H31Cl2FN6O5S. The lowest BCUT2D eigenvalue weighted by molar-refractivity contribution is -0.121. The van der Waals surface area contributed by atoms with Gasteiger partial charge in [0, 0.05) is 42.0 Å². The van der Waals surface area contributed by atoms with E-state index in [1.807, 2.05) is 25.3 Å². The summed E-state index contributed by atoms with van der Waals surface area (Å²) in [5.41, 5.74) is 0.575. The molecule has 0 spiro atoms. The third-order valence-electron chi connectivity index (χ3n) is 7.16. The SMILES string of the molecule is C#CCN1C(=O)COc2cc(F)c(N=c3snc4n3CC(C)(C)C4)cc21.C#CCOc1cc(-n2nc(C(C)(C)C)oc2=O)c(Cl)cc1Cl. The standard InChI is InChI=1S/C18H17FN4O2S.C15H14Cl2N2O3/c1-4-5-22-13-7-12(11(19)6-14(13)25-9-16(22)24)20-17-23-10-18(2,3)8-15(23)21-26-17;1-5-6-21-12-8-11(9(16)7-10(12)17)19-14(20)22-13(18-19)15(2,3)4/h1,6-7H,5,8-10H2,2-3H3;1,7-8H,6H2,2-4H3. The first-order valence-corrected chi connectivity index (χ1v) is 16.1. The fraction of sp³-hybridized carbons (Fsp3) is 0.364. The van der Waals surface area contributed by atoms with Crippen molar-refractivity contribution in [3.63, 3.8) is 0 Å². The van der Waals surface area contributed by atoms with Crippen molar-refractivity contribution in [3.8, 4) is 41.9 Å². The number of carbonyl (C=O) groups excluding carboxylic acids is 1. The van der Waals surface area contributed by atoms with Crippen LogP contribution in [0.2, 0.25) is 10.0 Å². The van der Waals surface area contributed by atoms with Gasteiger partial charge >= 0.3 is 5.76 Å². The number of fused-ring (bicyclic) bond motifs is 2. The summed E-state index contributed by atoms with van der Waals surface area (Å²) in [6.45, 7) is 10.7. The summed E-state index contributed by atoms with van der Waals surface area (Å²) < 4.78 is 37.9. The van der Waals surface area contributed by atoms with Gasteiger partial charge in [-0.1, -0.05) is 69.7 Å². The Morgan fingerprint density at radius 1 is 1.12 bits per heavy atom. The summed E-state index contributed by atoms with van der Waals surface area (Å²) in [4.78, 5) is 30.6. The molecule has 48 heavy (non-hydrogen) atoms. The Hall–Kier alpha value is -4.56. The number of hydrogen-bond donors (Lipinski definition) is 0. The van der Waals surface area contributed by atoms with Crippen molar-refractivity contribution >= 4 is 52.0 Å². The summed E-state index contributed by atoms with van der Waals surface area (Å²) >= 11 is 13.4. The molecule has 0 bridgehead atoms. The van der Waals surface area contributed by atoms with Crippen molar-refractivity contribution in [2.45, 2.75) is 53.0 Å². The van der Waals surface area contributed by atoms with E-state index in [4.69, 9.17) is 49.9 Å². The number of ether oxygens (including phenoxy) is 2. The van der Waals surface area contributed by atoms with Gasteiger partial charge in [-0.3, -0.25) is 9.69 Å². The second kappa shape index (κ2) is 13.5. The number of hydrogen-bond acceptors (Lipinski definition) is 9. The molecule has 1 amide bonds. The minimum atomic E-state index is -0.642. The molecule has 0 saturated carbocycles. The average Bonchev–Trinajstić information content (AvgIpc) is 3.67. The van der Waals surface area contributed by atoms with E-state index in [9.17, 15) is 14.0 Å². The predicted molar refractivity (Wildman–Crippen MR) is 181 cm³/mol. The Balaban J connectivity index is 0.000000191. The Morgan fingerprint density at radius 2 is 1.88 bits per heavy atom. The van der Waals surface area contributed by atoms with Gasteiger partial charge in [0.05, 0.1) is 28.0 Å². The van der Waals surface area contributed by atoms with Crippen LogP contribution in [0.15, 0.2) is 38.5 Å². The third-order valence-corrected chi connectivity index (χ3v) is 8.54. The van der Waals surface area contributed by atoms with E-state index in [1.54, 1.807) is 0 Å². The minimum Gasteiger partial charge on any atom is -0.481 e. The molecule has 250 valence electrons. The second-order valence-electron chi connectivity index (χ2n) is 12.7. The first kappa shape index (κ1) is 34.8. The zero-order chi connectivity index (χ0) is 35.0. The lowest BCUT2D eigenvalue weighted by atomic mass is 9.92. The maximum absolute atomic E-state index is 14.5. The number of halogens is 3. The molecule has 2 aromatic carbocycles. The van der Waals surface area contributed by atoms with Crippen molar-refractivity contribution < 1.29 is 23.1 Å². The number of amides is 1. The number of aromatic nitrogens is 4. The lowest BCUT2D eigenvalue weighted by Crippen LogP contribution is -2.39. The van der Waals surface area contributed by atoms with E-state index in [2.05, 4.69) is 40.2 Å². The summed E-state index contributed by atoms with van der Waals surface area (Å²) in [7, 11) is 0. The van der Waals surface area contributed by atoms with E-state index in [1.165, 1.54) is 40.7 Å². The van der Waals surface area contributed by atoms with E-state index in [0.717, 1.165) is 23.5 Å². The van der Waals surface area contributed by atoms with Crippen molar-refractivity contribution in [3.05, 3.63) is 67.2 Å². The zero-order valence-corrected chi connectivity index (χ0v) is 29.1. The molecule has 0 N–H and O–H groups in total. The average molecular weight is 714 g/mol. The topological polar surface area (TPSA) is 117 Å². The van der Waals surface area contributed by atoms with Gasteiger partial charge in [-0.2, -0.15) is 9.06 Å². The zero-order valence-electron chi connectivity index (χ0n) is 26.8. The smallest absolute Gasteiger partial charge is 0.442 e. The molecule has 15 heteroatoms. The fourth-order valence-corrected chi connectivity index (χ4v) is 6.17. The summed E-state index contributed by atoms with van der Waals surface area (Å²) in [5.74, 6) is 5.23. The highest BCUT2D eigenvalue weighted by Crippen LogP contribution is 2.38. The number of nitrogens with zero attached hydrogens (tertiary/aromatic N) is 6. The van der Waals surface area contributed by atoms with Crippen LogP contribution in [0.1, 0.15) is 46.3 Å². The van der Waals surface area contributed by atoms with Crippen LogP contribution in [0, 0.1) is 35.9 Å². The molecule has 2 aliphatic rings. The number of terminal acetylenes is 2. The highest BCUT2D eigenvalue weighted by atomic mass is 35.5. The molecule has 0 aliphatic carbocycles. The quantitative estimate of drug-likeness (QED) is 0.244. The highest BCUT2D eigenvalue weighted by molar-refractivity contribution is 7.02. The van der Waals surface area contributed by atoms with Crippen molar-refractivity contribution in [1.29, 1.82) is 0 Å². The Bertz CT molecular complexity index is 2110. The maximum Gasteiger partial charge on any atom is 0.442 e. The van der Waals surface area contributed by atoms with Crippen molar-refractivity contribution in [1.82, 2.24) is 18.7 Å². The van der Waals surface area contributed by atoms with Crippen LogP contribution in [-0.4, -0.2) is 44.4 Å². The molecule has 0 unspecified atom stereocenters. The number of anilines is 1. The summed E-state index contributed by atoms with van der Waals surface area (Å²) in [5, 5.41) is 4.71. The molecule has 0 fully saturated rings. The van der Waals surface area contributed by atoms with E-state index in [-0.39, 0.29) is 46.8 Å². The molecule has 2 aliphatic heterocycles. The van der Waals surface area contributed by atoms with Crippen molar-refractivity contribution in [2.24, 2.45) is 10.4 Å². The van der Waals surface area contributed by atoms with Gasteiger partial charge in [0.25, 0.3) is 5.91 Å². The van der Waals surface area contributed by atoms with Crippen LogP contribution >= 0.6 is 34.7 Å². The summed E-state index contributed by atoms with van der Waals surface area (Å²) in [6.07, 6.45) is 11.4. The molecular weight excluding hydrogens is 682 g/mol. The molecule has 0 radical (unpaired) electrons. The molecule has 0 saturated heterocycles. The van der Waals surface area contributed by atoms with Crippen LogP contribution < -0.4 is 24.9 Å².